The lowest BCUT2D eigenvalue weighted by Gasteiger charge is -2.43. The Kier molecular flexibility index (Phi) is 7.89. The third-order valence-electron chi connectivity index (χ3n) is 4.10. The predicted molar refractivity (Wildman–Crippen MR) is 102 cm³/mol. The Morgan fingerprint density at radius 1 is 1.59 bits per heavy atom. The van der Waals surface area contributed by atoms with E-state index in [2.05, 4.69) is 35.8 Å². The first-order valence-corrected chi connectivity index (χ1v) is 9.64. The van der Waals surface area contributed by atoms with Gasteiger partial charge in [-0.2, -0.15) is 0 Å². The molecule has 9 nitrogen and oxygen atoms in total. The van der Waals surface area contributed by atoms with E-state index in [1.807, 2.05) is 6.92 Å². The Labute approximate surface area is 169 Å². The zero-order chi connectivity index (χ0) is 20.0. The summed E-state index contributed by atoms with van der Waals surface area (Å²) in [6.07, 6.45) is 0.512. The van der Waals surface area contributed by atoms with Gasteiger partial charge in [-0.3, -0.25) is 4.79 Å². The molecule has 1 aliphatic heterocycles. The van der Waals surface area contributed by atoms with Crippen LogP contribution in [0.4, 0.5) is 5.82 Å². The van der Waals surface area contributed by atoms with Gasteiger partial charge in [0.1, 0.15) is 24.3 Å². The van der Waals surface area contributed by atoms with Crippen LogP contribution in [0.3, 0.4) is 0 Å². The Bertz CT molecular complexity index is 783. The fourth-order valence-electron chi connectivity index (χ4n) is 2.73. The van der Waals surface area contributed by atoms with Gasteiger partial charge in [0.05, 0.1) is 16.6 Å². The molecule has 0 amide bonds. The Hall–Kier alpha value is -1.83. The van der Waals surface area contributed by atoms with Crippen LogP contribution in [0, 0.1) is 12.5 Å². The second-order valence-electron chi connectivity index (χ2n) is 5.81. The first kappa shape index (κ1) is 21.5. The highest BCUT2D eigenvalue weighted by molar-refractivity contribution is 9.10. The van der Waals surface area contributed by atoms with Gasteiger partial charge in [0, 0.05) is 23.8 Å². The summed E-state index contributed by atoms with van der Waals surface area (Å²) in [7, 11) is 1.51. The first-order chi connectivity index (χ1) is 12.9. The van der Waals surface area contributed by atoms with Gasteiger partial charge in [-0.05, 0) is 33.4 Å². The maximum absolute atomic E-state index is 11.2. The average molecular weight is 456 g/mol. The fraction of sp³-hybridized carbons (Fsp3) is 0.562. The molecule has 0 saturated carbocycles. The van der Waals surface area contributed by atoms with Gasteiger partial charge in [0.15, 0.2) is 0 Å². The molecule has 2 unspecified atom stereocenters. The number of azide groups is 1. The molecule has 1 saturated heterocycles. The molecule has 1 aliphatic rings. The molecule has 5 atom stereocenters. The zero-order valence-electron chi connectivity index (χ0n) is 14.9. The van der Waals surface area contributed by atoms with Crippen molar-refractivity contribution in [2.24, 2.45) is 11.0 Å². The van der Waals surface area contributed by atoms with E-state index in [0.29, 0.717) is 4.90 Å². The molecular weight excluding hydrogens is 438 g/mol. The van der Waals surface area contributed by atoms with Crippen LogP contribution < -0.4 is 0 Å². The van der Waals surface area contributed by atoms with Gasteiger partial charge in [0.2, 0.25) is 0 Å². The van der Waals surface area contributed by atoms with E-state index >= 15 is 0 Å². The van der Waals surface area contributed by atoms with Gasteiger partial charge in [-0.15, -0.1) is 16.7 Å². The molecule has 27 heavy (non-hydrogen) atoms. The standard InChI is InChI=1S/C16H18BrN5O4S/c1-8-11(7-25-9(2)23)26-16(14(24-4)13(8)21-22-18)27-12-5-10(17)6-20-15(12)19-3/h5-6,8,11,13-14,16H,7H2,1-2,4H3/t8-,11?,13-,14?,16+/m0/s1. The number of pyridine rings is 1. The highest BCUT2D eigenvalue weighted by Gasteiger charge is 2.44. The maximum Gasteiger partial charge on any atom is 0.302 e. The minimum Gasteiger partial charge on any atom is -0.463 e. The van der Waals surface area contributed by atoms with E-state index in [9.17, 15) is 4.79 Å². The Balaban J connectivity index is 2.33. The van der Waals surface area contributed by atoms with Crippen LogP contribution in [0.1, 0.15) is 13.8 Å². The lowest BCUT2D eigenvalue weighted by molar-refractivity contribution is -0.162. The van der Waals surface area contributed by atoms with Gasteiger partial charge in [-0.25, -0.2) is 0 Å². The van der Waals surface area contributed by atoms with Crippen LogP contribution in [-0.4, -0.2) is 48.4 Å². The van der Waals surface area contributed by atoms with Crippen LogP contribution in [0.15, 0.2) is 26.7 Å². The normalized spacial score (nSPS) is 27.3. The van der Waals surface area contributed by atoms with Crippen LogP contribution in [-0.2, 0) is 19.0 Å². The van der Waals surface area contributed by atoms with Gasteiger partial charge in [-0.1, -0.05) is 18.6 Å². The van der Waals surface area contributed by atoms with E-state index in [-0.39, 0.29) is 18.3 Å². The minimum absolute atomic E-state index is 0.0356. The van der Waals surface area contributed by atoms with E-state index in [4.69, 9.17) is 26.3 Å². The van der Waals surface area contributed by atoms with E-state index in [1.165, 1.54) is 25.8 Å². The number of aromatic nitrogens is 1. The summed E-state index contributed by atoms with van der Waals surface area (Å²) in [6, 6.07) is 1.24. The topological polar surface area (TPSA) is 111 Å². The molecule has 144 valence electrons. The van der Waals surface area contributed by atoms with Crippen LogP contribution in [0.2, 0.25) is 0 Å². The molecule has 1 aromatic heterocycles. The molecule has 0 spiro atoms. The molecule has 0 aliphatic carbocycles. The van der Waals surface area contributed by atoms with Crippen LogP contribution in [0.25, 0.3) is 15.3 Å². The maximum atomic E-state index is 11.2. The molecule has 0 radical (unpaired) electrons. The van der Waals surface area contributed by atoms with Crippen molar-refractivity contribution in [3.05, 3.63) is 38.6 Å². The summed E-state index contributed by atoms with van der Waals surface area (Å²) in [5.74, 6) is -0.421. The molecule has 0 N–H and O–H groups in total. The third kappa shape index (κ3) is 5.34. The largest absolute Gasteiger partial charge is 0.463 e. The van der Waals surface area contributed by atoms with Crippen molar-refractivity contribution in [1.82, 2.24) is 4.98 Å². The molecule has 0 aromatic carbocycles. The smallest absolute Gasteiger partial charge is 0.302 e. The molecule has 11 heteroatoms. The number of rotatable bonds is 6. The van der Waals surface area contributed by atoms with Crippen molar-refractivity contribution < 1.29 is 19.0 Å². The molecule has 1 fully saturated rings. The summed E-state index contributed by atoms with van der Waals surface area (Å²) in [5, 5.41) is 3.88. The van der Waals surface area contributed by atoms with E-state index in [0.717, 1.165) is 4.47 Å². The summed E-state index contributed by atoms with van der Waals surface area (Å²) in [4.78, 5) is 22.2. The minimum atomic E-state index is -0.584. The Morgan fingerprint density at radius 2 is 2.33 bits per heavy atom. The van der Waals surface area contributed by atoms with Crippen molar-refractivity contribution >= 4 is 39.5 Å². The van der Waals surface area contributed by atoms with Crippen molar-refractivity contribution in [1.29, 1.82) is 0 Å². The lowest BCUT2D eigenvalue weighted by atomic mass is 9.89. The molecular formula is C16H18BrN5O4S. The second kappa shape index (κ2) is 9.92. The monoisotopic (exact) mass is 455 g/mol. The number of ether oxygens (including phenoxy) is 3. The number of thioether (sulfide) groups is 1. The molecule has 1 aromatic rings. The number of nitrogens with zero attached hydrogens (tertiary/aromatic N) is 5. The van der Waals surface area contributed by atoms with Crippen molar-refractivity contribution in [2.75, 3.05) is 13.7 Å². The summed E-state index contributed by atoms with van der Waals surface area (Å²) in [5.41, 5.74) is 8.38. The second-order valence-corrected chi connectivity index (χ2v) is 7.86. The number of hydrogen-bond acceptors (Lipinski definition) is 7. The number of carbonyl (C=O) groups is 1. The third-order valence-corrected chi connectivity index (χ3v) is 5.70. The average Bonchev–Trinajstić information content (AvgIpc) is 2.63. The van der Waals surface area contributed by atoms with Crippen LogP contribution in [0.5, 0.6) is 0 Å². The number of carbonyl (C=O) groups excluding carboxylic acids is 1. The summed E-state index contributed by atoms with van der Waals surface area (Å²) in [6.45, 7) is 10.5. The van der Waals surface area contributed by atoms with Gasteiger partial charge < -0.3 is 19.1 Å². The highest BCUT2D eigenvalue weighted by atomic mass is 79.9. The summed E-state index contributed by atoms with van der Waals surface area (Å²) >= 11 is 4.60. The quantitative estimate of drug-likeness (QED) is 0.210. The lowest BCUT2D eigenvalue weighted by Crippen LogP contribution is -2.53. The zero-order valence-corrected chi connectivity index (χ0v) is 17.3. The number of methoxy groups -OCH3 is 1. The highest BCUT2D eigenvalue weighted by Crippen LogP contribution is 2.41. The van der Waals surface area contributed by atoms with E-state index < -0.39 is 29.7 Å². The number of hydrogen-bond donors (Lipinski definition) is 0. The Morgan fingerprint density at radius 3 is 2.93 bits per heavy atom. The van der Waals surface area contributed by atoms with Crippen LogP contribution >= 0.6 is 27.7 Å². The SMILES string of the molecule is [C-]#[N+]c1ncc(Br)cc1S[C@H]1OC(COC(C)=O)[C@H](C)[C@H](N=[N+]=[N-])C1OC. The predicted octanol–water partition coefficient (Wildman–Crippen LogP) is 4.10. The molecule has 0 bridgehead atoms. The number of halogens is 1. The first-order valence-electron chi connectivity index (χ1n) is 7.96. The number of esters is 1. The summed E-state index contributed by atoms with van der Waals surface area (Å²) < 4.78 is 17.5. The molecule has 2 heterocycles. The fourth-order valence-corrected chi connectivity index (χ4v) is 4.47. The molecule has 2 rings (SSSR count). The van der Waals surface area contributed by atoms with Gasteiger partial charge >= 0.3 is 5.97 Å². The van der Waals surface area contributed by atoms with Crippen molar-refractivity contribution in [3.63, 3.8) is 0 Å². The van der Waals surface area contributed by atoms with Gasteiger partial charge in [0.25, 0.3) is 5.82 Å². The van der Waals surface area contributed by atoms with Crippen molar-refractivity contribution in [3.8, 4) is 0 Å². The van der Waals surface area contributed by atoms with E-state index in [1.54, 1.807) is 12.3 Å². The van der Waals surface area contributed by atoms with Crippen molar-refractivity contribution in [2.45, 2.75) is 42.4 Å².